The van der Waals surface area contributed by atoms with Crippen LogP contribution in [0.2, 0.25) is 0 Å². The van der Waals surface area contributed by atoms with Gasteiger partial charge in [0.15, 0.2) is 0 Å². The molecular weight excluding hydrogens is 121 g/mol. The van der Waals surface area contributed by atoms with Crippen LogP contribution >= 0.6 is 0 Å². The highest BCUT2D eigenvalue weighted by Crippen LogP contribution is 2.26. The molecular formula is C8H10BN. The van der Waals surface area contributed by atoms with E-state index in [0.29, 0.717) is 5.92 Å². The Morgan fingerprint density at radius 1 is 1.80 bits per heavy atom. The Bertz CT molecular complexity index is 190. The summed E-state index contributed by atoms with van der Waals surface area (Å²) in [6, 6.07) is 2.25. The number of allylic oxidation sites excluding steroid dienone is 2. The van der Waals surface area contributed by atoms with Crippen LogP contribution in [0.1, 0.15) is 19.8 Å². The molecule has 2 heteroatoms. The van der Waals surface area contributed by atoms with Crippen LogP contribution in [-0.4, -0.2) is 7.85 Å². The van der Waals surface area contributed by atoms with Gasteiger partial charge in [-0.25, -0.2) is 0 Å². The van der Waals surface area contributed by atoms with Gasteiger partial charge in [0, 0.05) is 0 Å². The topological polar surface area (TPSA) is 23.8 Å². The van der Waals surface area contributed by atoms with Gasteiger partial charge < -0.3 is 0 Å². The monoisotopic (exact) mass is 131 g/mol. The van der Waals surface area contributed by atoms with Crippen LogP contribution in [0.15, 0.2) is 11.5 Å². The van der Waals surface area contributed by atoms with Crippen molar-refractivity contribution in [3.05, 3.63) is 11.5 Å². The van der Waals surface area contributed by atoms with Crippen LogP contribution < -0.4 is 0 Å². The number of nitriles is 1. The maximum absolute atomic E-state index is 8.57. The lowest BCUT2D eigenvalue weighted by atomic mass is 9.74. The van der Waals surface area contributed by atoms with Gasteiger partial charge in [-0.05, 0) is 18.8 Å². The van der Waals surface area contributed by atoms with Crippen LogP contribution in [0.25, 0.3) is 0 Å². The number of hydrogen-bond acceptors (Lipinski definition) is 1. The number of rotatable bonds is 0. The third-order valence-corrected chi connectivity index (χ3v) is 2.03. The van der Waals surface area contributed by atoms with Gasteiger partial charge >= 0.3 is 0 Å². The standard InChI is InChI=1S/C8H10BN/c1-6-4-7(5-10)2-3-8(6)9/h3,6-7H,2,4H2,1H3. The molecule has 0 aliphatic heterocycles. The molecule has 1 aliphatic carbocycles. The van der Waals surface area contributed by atoms with E-state index < -0.39 is 0 Å². The van der Waals surface area contributed by atoms with E-state index in [1.54, 1.807) is 0 Å². The molecule has 0 amide bonds. The molecule has 0 spiro atoms. The molecule has 0 aromatic heterocycles. The van der Waals surface area contributed by atoms with Crippen LogP contribution in [0, 0.1) is 23.2 Å². The summed E-state index contributed by atoms with van der Waals surface area (Å²) in [7, 11) is 5.65. The number of nitrogens with zero attached hydrogens (tertiary/aromatic N) is 1. The average molecular weight is 131 g/mol. The summed E-state index contributed by atoms with van der Waals surface area (Å²) in [5.41, 5.74) is 0.950. The largest absolute Gasteiger partial charge is 0.198 e. The zero-order chi connectivity index (χ0) is 7.56. The maximum Gasteiger partial charge on any atom is 0.107 e. The van der Waals surface area contributed by atoms with E-state index in [1.807, 2.05) is 6.08 Å². The first-order valence-corrected chi connectivity index (χ1v) is 3.59. The lowest BCUT2D eigenvalue weighted by Crippen LogP contribution is -2.12. The van der Waals surface area contributed by atoms with Crippen LogP contribution in [0.5, 0.6) is 0 Å². The van der Waals surface area contributed by atoms with E-state index in [4.69, 9.17) is 13.1 Å². The maximum atomic E-state index is 8.57. The highest BCUT2D eigenvalue weighted by atomic mass is 14.3. The number of hydrogen-bond donors (Lipinski definition) is 0. The van der Waals surface area contributed by atoms with Gasteiger partial charge in [-0.3, -0.25) is 0 Å². The SMILES string of the molecule is [B]C1=CCC(C#N)CC1C. The lowest BCUT2D eigenvalue weighted by molar-refractivity contribution is 0.490. The third kappa shape index (κ3) is 1.41. The van der Waals surface area contributed by atoms with Gasteiger partial charge in [0.1, 0.15) is 7.85 Å². The van der Waals surface area contributed by atoms with Gasteiger partial charge in [0.05, 0.1) is 12.0 Å². The quantitative estimate of drug-likeness (QED) is 0.458. The Morgan fingerprint density at radius 2 is 2.50 bits per heavy atom. The Labute approximate surface area is 63.1 Å². The molecule has 2 unspecified atom stereocenters. The molecule has 0 N–H and O–H groups in total. The summed E-state index contributed by atoms with van der Waals surface area (Å²) in [4.78, 5) is 0. The van der Waals surface area contributed by atoms with E-state index in [0.717, 1.165) is 18.3 Å². The Balaban J connectivity index is 2.61. The van der Waals surface area contributed by atoms with E-state index in [1.165, 1.54) is 0 Å². The molecule has 0 fully saturated rings. The molecule has 2 radical (unpaired) electrons. The third-order valence-electron chi connectivity index (χ3n) is 2.03. The van der Waals surface area contributed by atoms with Gasteiger partial charge in [-0.1, -0.05) is 13.0 Å². The normalized spacial score (nSPS) is 32.6. The Kier molecular flexibility index (Phi) is 2.16. The van der Waals surface area contributed by atoms with Gasteiger partial charge in [-0.15, -0.1) is 5.47 Å². The first-order chi connectivity index (χ1) is 4.74. The Morgan fingerprint density at radius 3 is 3.00 bits per heavy atom. The van der Waals surface area contributed by atoms with Crippen molar-refractivity contribution < 1.29 is 0 Å². The van der Waals surface area contributed by atoms with E-state index in [2.05, 4.69) is 13.0 Å². The highest BCUT2D eigenvalue weighted by Gasteiger charge is 2.16. The molecule has 0 bridgehead atoms. The molecule has 0 saturated heterocycles. The minimum atomic E-state index is 0.197. The minimum Gasteiger partial charge on any atom is -0.198 e. The van der Waals surface area contributed by atoms with Crippen molar-refractivity contribution in [2.24, 2.45) is 11.8 Å². The second-order valence-electron chi connectivity index (χ2n) is 2.90. The molecule has 0 heterocycles. The van der Waals surface area contributed by atoms with Crippen molar-refractivity contribution in [3.8, 4) is 6.07 Å². The lowest BCUT2D eigenvalue weighted by Gasteiger charge is -2.21. The predicted molar refractivity (Wildman–Crippen MR) is 41.3 cm³/mol. The van der Waals surface area contributed by atoms with Gasteiger partial charge in [0.2, 0.25) is 0 Å². The van der Waals surface area contributed by atoms with Crippen molar-refractivity contribution in [2.45, 2.75) is 19.8 Å². The van der Waals surface area contributed by atoms with E-state index >= 15 is 0 Å². The molecule has 0 aromatic rings. The Hall–Kier alpha value is -0.705. The van der Waals surface area contributed by atoms with Crippen LogP contribution in [0.3, 0.4) is 0 Å². The fraction of sp³-hybridized carbons (Fsp3) is 0.625. The van der Waals surface area contributed by atoms with Crippen LogP contribution in [-0.2, 0) is 0 Å². The summed E-state index contributed by atoms with van der Waals surface area (Å²) in [6.07, 6.45) is 3.74. The molecule has 1 aliphatic rings. The molecule has 0 saturated carbocycles. The average Bonchev–Trinajstić information content (AvgIpc) is 1.95. The summed E-state index contributed by atoms with van der Waals surface area (Å²) in [5, 5.41) is 8.57. The van der Waals surface area contributed by atoms with Gasteiger partial charge in [-0.2, -0.15) is 5.26 Å². The van der Waals surface area contributed by atoms with Gasteiger partial charge in [0.25, 0.3) is 0 Å². The summed E-state index contributed by atoms with van der Waals surface area (Å²) < 4.78 is 0. The molecule has 10 heavy (non-hydrogen) atoms. The first kappa shape index (κ1) is 7.40. The molecule has 2 atom stereocenters. The molecule has 1 nitrogen and oxygen atoms in total. The second kappa shape index (κ2) is 2.92. The summed E-state index contributed by atoms with van der Waals surface area (Å²) >= 11 is 0. The highest BCUT2D eigenvalue weighted by molar-refractivity contribution is 6.21. The molecule has 1 rings (SSSR count). The predicted octanol–water partition coefficient (Wildman–Crippen LogP) is 1.61. The van der Waals surface area contributed by atoms with Crippen molar-refractivity contribution in [1.29, 1.82) is 5.26 Å². The fourth-order valence-electron chi connectivity index (χ4n) is 1.24. The zero-order valence-electron chi connectivity index (χ0n) is 6.17. The van der Waals surface area contributed by atoms with E-state index in [-0.39, 0.29) is 5.92 Å². The molecule has 0 aromatic carbocycles. The van der Waals surface area contributed by atoms with Crippen molar-refractivity contribution >= 4 is 7.85 Å². The minimum absolute atomic E-state index is 0.197. The second-order valence-corrected chi connectivity index (χ2v) is 2.90. The van der Waals surface area contributed by atoms with Crippen LogP contribution in [0.4, 0.5) is 0 Å². The zero-order valence-corrected chi connectivity index (χ0v) is 6.17. The van der Waals surface area contributed by atoms with Crippen molar-refractivity contribution in [2.75, 3.05) is 0 Å². The van der Waals surface area contributed by atoms with Crippen molar-refractivity contribution in [3.63, 3.8) is 0 Å². The smallest absolute Gasteiger partial charge is 0.107 e. The first-order valence-electron chi connectivity index (χ1n) is 3.59. The molecule has 50 valence electrons. The summed E-state index contributed by atoms with van der Waals surface area (Å²) in [6.45, 7) is 2.06. The summed E-state index contributed by atoms with van der Waals surface area (Å²) in [5.74, 6) is 0.598. The van der Waals surface area contributed by atoms with E-state index in [9.17, 15) is 0 Å². The van der Waals surface area contributed by atoms with Crippen molar-refractivity contribution in [1.82, 2.24) is 0 Å². The fourth-order valence-corrected chi connectivity index (χ4v) is 1.24.